The summed E-state index contributed by atoms with van der Waals surface area (Å²) in [6, 6.07) is 7.98. The van der Waals surface area contributed by atoms with Crippen LogP contribution in [0.15, 0.2) is 24.3 Å². The molecule has 1 saturated carbocycles. The number of rotatable bonds is 8. The van der Waals surface area contributed by atoms with Crippen molar-refractivity contribution in [3.63, 3.8) is 0 Å². The molecule has 1 aliphatic carbocycles. The van der Waals surface area contributed by atoms with Gasteiger partial charge < -0.3 is 15.4 Å². The van der Waals surface area contributed by atoms with Crippen molar-refractivity contribution in [2.75, 3.05) is 18.9 Å². The average Bonchev–Trinajstić information content (AvgIpc) is 2.54. The van der Waals surface area contributed by atoms with Crippen molar-refractivity contribution in [3.05, 3.63) is 29.8 Å². The normalized spacial score (nSPS) is 21.1. The topological polar surface area (TPSA) is 50.4 Å². The van der Waals surface area contributed by atoms with E-state index < -0.39 is 0 Å². The van der Waals surface area contributed by atoms with Gasteiger partial charge in [0.15, 0.2) is 0 Å². The summed E-state index contributed by atoms with van der Waals surface area (Å²) in [5.41, 5.74) is 1.98. The lowest BCUT2D eigenvalue weighted by Crippen LogP contribution is -2.21. The molecule has 0 aromatic heterocycles. The van der Waals surface area contributed by atoms with Gasteiger partial charge in [0.1, 0.15) is 0 Å². The minimum absolute atomic E-state index is 0.0689. The monoisotopic (exact) mass is 318 g/mol. The van der Waals surface area contributed by atoms with E-state index in [4.69, 9.17) is 4.74 Å². The highest BCUT2D eigenvalue weighted by molar-refractivity contribution is 5.90. The third-order valence-electron chi connectivity index (χ3n) is 4.42. The Kier molecular flexibility index (Phi) is 7.56. The highest BCUT2D eigenvalue weighted by Crippen LogP contribution is 2.26. The van der Waals surface area contributed by atoms with Gasteiger partial charge >= 0.3 is 0 Å². The molecule has 0 radical (unpaired) electrons. The molecule has 0 bridgehead atoms. The maximum Gasteiger partial charge on any atom is 0.224 e. The number of anilines is 1. The molecule has 0 saturated heterocycles. The van der Waals surface area contributed by atoms with E-state index in [1.54, 1.807) is 0 Å². The predicted octanol–water partition coefficient (Wildman–Crippen LogP) is 3.72. The molecule has 0 heterocycles. The maximum atomic E-state index is 11.9. The minimum atomic E-state index is 0.0689. The number of carbonyl (C=O) groups is 1. The molecule has 1 aromatic carbocycles. The fraction of sp³-hybridized carbons (Fsp3) is 0.632. The van der Waals surface area contributed by atoms with Crippen LogP contribution in [0.2, 0.25) is 0 Å². The molecule has 23 heavy (non-hydrogen) atoms. The summed E-state index contributed by atoms with van der Waals surface area (Å²) in [7, 11) is 1.90. The Balaban J connectivity index is 1.78. The molecule has 1 aliphatic rings. The van der Waals surface area contributed by atoms with Crippen LogP contribution in [0.1, 0.15) is 51.0 Å². The predicted molar refractivity (Wildman–Crippen MR) is 94.4 cm³/mol. The number of benzene rings is 1. The van der Waals surface area contributed by atoms with Crippen molar-refractivity contribution in [3.8, 4) is 0 Å². The van der Waals surface area contributed by atoms with Gasteiger partial charge in [-0.1, -0.05) is 31.9 Å². The van der Waals surface area contributed by atoms with E-state index in [2.05, 4.69) is 23.6 Å². The minimum Gasteiger partial charge on any atom is -0.374 e. The van der Waals surface area contributed by atoms with E-state index in [1.807, 2.05) is 25.2 Å². The van der Waals surface area contributed by atoms with Gasteiger partial charge in [-0.05, 0) is 56.5 Å². The zero-order valence-electron chi connectivity index (χ0n) is 14.4. The molecule has 4 nitrogen and oxygen atoms in total. The van der Waals surface area contributed by atoms with Crippen molar-refractivity contribution < 1.29 is 9.53 Å². The van der Waals surface area contributed by atoms with Crippen molar-refractivity contribution in [2.24, 2.45) is 5.92 Å². The summed E-state index contributed by atoms with van der Waals surface area (Å²) in [6.45, 7) is 3.79. The van der Waals surface area contributed by atoms with Crippen LogP contribution < -0.4 is 10.6 Å². The quantitative estimate of drug-likeness (QED) is 0.718. The van der Waals surface area contributed by atoms with Crippen LogP contribution >= 0.6 is 0 Å². The van der Waals surface area contributed by atoms with Crippen molar-refractivity contribution >= 4 is 11.6 Å². The van der Waals surface area contributed by atoms with E-state index >= 15 is 0 Å². The second kappa shape index (κ2) is 9.68. The molecule has 1 aromatic rings. The summed E-state index contributed by atoms with van der Waals surface area (Å²) in [4.78, 5) is 11.9. The second-order valence-electron chi connectivity index (χ2n) is 6.66. The van der Waals surface area contributed by atoms with Crippen LogP contribution in [0.4, 0.5) is 5.69 Å². The summed E-state index contributed by atoms with van der Waals surface area (Å²) < 4.78 is 6.06. The lowest BCUT2D eigenvalue weighted by molar-refractivity contribution is -0.116. The number of ether oxygens (including phenoxy) is 1. The largest absolute Gasteiger partial charge is 0.374 e. The molecule has 1 amide bonds. The molecule has 2 atom stereocenters. The Labute approximate surface area is 140 Å². The van der Waals surface area contributed by atoms with Crippen LogP contribution in [0.3, 0.4) is 0 Å². The summed E-state index contributed by atoms with van der Waals surface area (Å²) in [5.74, 6) is 0.844. The first-order valence-electron chi connectivity index (χ1n) is 8.82. The van der Waals surface area contributed by atoms with Crippen LogP contribution in [0.25, 0.3) is 0 Å². The van der Waals surface area contributed by atoms with E-state index in [0.29, 0.717) is 19.1 Å². The molecule has 4 heteroatoms. The zero-order chi connectivity index (χ0) is 16.5. The summed E-state index contributed by atoms with van der Waals surface area (Å²) in [6.07, 6.45) is 6.72. The van der Waals surface area contributed by atoms with Gasteiger partial charge in [-0.3, -0.25) is 4.79 Å². The summed E-state index contributed by atoms with van der Waals surface area (Å²) in [5, 5.41) is 6.01. The van der Waals surface area contributed by atoms with E-state index in [-0.39, 0.29) is 5.91 Å². The fourth-order valence-corrected chi connectivity index (χ4v) is 3.13. The zero-order valence-corrected chi connectivity index (χ0v) is 14.4. The number of carbonyl (C=O) groups excluding carboxylic acids is 1. The summed E-state index contributed by atoms with van der Waals surface area (Å²) >= 11 is 0. The highest BCUT2D eigenvalue weighted by atomic mass is 16.5. The van der Waals surface area contributed by atoms with Crippen LogP contribution in [-0.2, 0) is 16.1 Å². The SMILES string of the molecule is CNCCCC(=O)Nc1cccc(COC2CCCC(C)C2)c1. The maximum absolute atomic E-state index is 11.9. The van der Waals surface area contributed by atoms with Crippen molar-refractivity contribution in [1.82, 2.24) is 5.32 Å². The highest BCUT2D eigenvalue weighted by Gasteiger charge is 2.19. The number of hydrogen-bond donors (Lipinski definition) is 2. The van der Waals surface area contributed by atoms with Gasteiger partial charge in [-0.25, -0.2) is 0 Å². The van der Waals surface area contributed by atoms with Gasteiger partial charge in [0.2, 0.25) is 5.91 Å². The first-order valence-corrected chi connectivity index (χ1v) is 8.82. The van der Waals surface area contributed by atoms with Gasteiger partial charge in [0, 0.05) is 12.1 Å². The van der Waals surface area contributed by atoms with Crippen molar-refractivity contribution in [2.45, 2.75) is 58.2 Å². The molecule has 128 valence electrons. The Hall–Kier alpha value is -1.39. The molecule has 0 spiro atoms. The first kappa shape index (κ1) is 18.0. The van der Waals surface area contributed by atoms with Crippen LogP contribution in [0.5, 0.6) is 0 Å². The third-order valence-corrected chi connectivity index (χ3v) is 4.42. The Bertz CT molecular complexity index is 490. The third kappa shape index (κ3) is 6.71. The Morgan fingerprint density at radius 1 is 1.35 bits per heavy atom. The number of nitrogens with one attached hydrogen (secondary N) is 2. The van der Waals surface area contributed by atoms with E-state index in [1.165, 1.54) is 25.7 Å². The van der Waals surface area contributed by atoms with Gasteiger partial charge in [-0.15, -0.1) is 0 Å². The molecule has 0 aliphatic heterocycles. The van der Waals surface area contributed by atoms with Gasteiger partial charge in [-0.2, -0.15) is 0 Å². The Morgan fingerprint density at radius 2 is 2.22 bits per heavy atom. The molecule has 1 fully saturated rings. The molecular weight excluding hydrogens is 288 g/mol. The van der Waals surface area contributed by atoms with Crippen LogP contribution in [0, 0.1) is 5.92 Å². The van der Waals surface area contributed by atoms with E-state index in [9.17, 15) is 4.79 Å². The lowest BCUT2D eigenvalue weighted by Gasteiger charge is -2.26. The second-order valence-corrected chi connectivity index (χ2v) is 6.66. The number of amides is 1. The van der Waals surface area contributed by atoms with Crippen molar-refractivity contribution in [1.29, 1.82) is 0 Å². The lowest BCUT2D eigenvalue weighted by atomic mass is 9.89. The fourth-order valence-electron chi connectivity index (χ4n) is 3.13. The van der Waals surface area contributed by atoms with Crippen LogP contribution in [-0.4, -0.2) is 25.6 Å². The molecule has 2 unspecified atom stereocenters. The van der Waals surface area contributed by atoms with Gasteiger partial charge in [0.25, 0.3) is 0 Å². The Morgan fingerprint density at radius 3 is 3.00 bits per heavy atom. The smallest absolute Gasteiger partial charge is 0.224 e. The number of hydrogen-bond acceptors (Lipinski definition) is 3. The molecular formula is C19H30N2O2. The molecule has 2 rings (SSSR count). The van der Waals surface area contributed by atoms with Gasteiger partial charge in [0.05, 0.1) is 12.7 Å². The van der Waals surface area contributed by atoms with E-state index in [0.717, 1.165) is 30.1 Å². The molecule has 2 N–H and O–H groups in total. The standard InChI is InChI=1S/C19H30N2O2/c1-15-6-3-9-18(12-15)23-14-16-7-4-8-17(13-16)21-19(22)10-5-11-20-2/h4,7-8,13,15,18,20H,3,5-6,9-12,14H2,1-2H3,(H,21,22). The average molecular weight is 318 g/mol. The first-order chi connectivity index (χ1) is 11.2.